The van der Waals surface area contributed by atoms with Crippen LogP contribution in [0.25, 0.3) is 0 Å². The van der Waals surface area contributed by atoms with Crippen LogP contribution in [0.5, 0.6) is 0 Å². The lowest BCUT2D eigenvalue weighted by Gasteiger charge is -2.08. The first-order chi connectivity index (χ1) is 9.10. The Bertz CT molecular complexity index is 682. The van der Waals surface area contributed by atoms with Crippen LogP contribution in [0.1, 0.15) is 15.9 Å². The maximum Gasteiger partial charge on any atom is 0.341 e. The average molecular weight is 275 g/mol. The molecule has 0 aliphatic rings. The summed E-state index contributed by atoms with van der Waals surface area (Å²) in [6, 6.07) is 8.55. The number of rotatable bonds is 3. The van der Waals surface area contributed by atoms with Gasteiger partial charge in [0.15, 0.2) is 0 Å². The van der Waals surface area contributed by atoms with E-state index in [1.165, 1.54) is 0 Å². The minimum Gasteiger partial charge on any atom is -0.477 e. The van der Waals surface area contributed by atoms with E-state index in [0.717, 1.165) is 6.20 Å². The zero-order chi connectivity index (χ0) is 13.8. The molecule has 0 amide bonds. The molecule has 0 saturated carbocycles. The number of halogens is 1. The second-order valence-electron chi connectivity index (χ2n) is 3.52. The molecular formula is C12H7ClN4O2. The molecule has 1 heterocycles. The summed E-state index contributed by atoms with van der Waals surface area (Å²) < 4.78 is 0. The Morgan fingerprint density at radius 1 is 1.47 bits per heavy atom. The van der Waals surface area contributed by atoms with Gasteiger partial charge in [0.1, 0.15) is 11.4 Å². The molecule has 19 heavy (non-hydrogen) atoms. The maximum atomic E-state index is 11.0. The summed E-state index contributed by atoms with van der Waals surface area (Å²) in [5.41, 5.74) is 0.880. The molecule has 0 bridgehead atoms. The molecule has 0 aliphatic carbocycles. The third-order valence-electron chi connectivity index (χ3n) is 2.24. The SMILES string of the molecule is N#Cc1cccc(Nc2nc(Cl)ncc2C(=O)O)c1. The topological polar surface area (TPSA) is 98.9 Å². The van der Waals surface area contributed by atoms with Crippen molar-refractivity contribution in [2.75, 3.05) is 5.32 Å². The van der Waals surface area contributed by atoms with E-state index in [4.69, 9.17) is 22.0 Å². The highest BCUT2D eigenvalue weighted by atomic mass is 35.5. The molecule has 2 aromatic rings. The van der Waals surface area contributed by atoms with Gasteiger partial charge in [-0.3, -0.25) is 0 Å². The second-order valence-corrected chi connectivity index (χ2v) is 3.86. The van der Waals surface area contributed by atoms with Crippen LogP contribution >= 0.6 is 11.6 Å². The quantitative estimate of drug-likeness (QED) is 0.834. The number of anilines is 2. The van der Waals surface area contributed by atoms with Gasteiger partial charge in [0.05, 0.1) is 11.6 Å². The van der Waals surface area contributed by atoms with Crippen LogP contribution in [0.15, 0.2) is 30.5 Å². The zero-order valence-corrected chi connectivity index (χ0v) is 10.2. The van der Waals surface area contributed by atoms with Crippen LogP contribution < -0.4 is 5.32 Å². The lowest BCUT2D eigenvalue weighted by atomic mass is 10.2. The van der Waals surface area contributed by atoms with Gasteiger partial charge in [-0.15, -0.1) is 0 Å². The van der Waals surface area contributed by atoms with Gasteiger partial charge < -0.3 is 10.4 Å². The number of carboxylic acids is 1. The molecule has 2 N–H and O–H groups in total. The highest BCUT2D eigenvalue weighted by Gasteiger charge is 2.13. The number of aromatic carboxylic acids is 1. The predicted octanol–water partition coefficient (Wildman–Crippen LogP) is 2.44. The smallest absolute Gasteiger partial charge is 0.341 e. The number of nitriles is 1. The van der Waals surface area contributed by atoms with Crippen molar-refractivity contribution in [3.05, 3.63) is 46.9 Å². The molecule has 0 atom stereocenters. The molecule has 0 saturated heterocycles. The second kappa shape index (κ2) is 5.33. The number of aromatic nitrogens is 2. The van der Waals surface area contributed by atoms with Gasteiger partial charge in [-0.05, 0) is 29.8 Å². The molecule has 94 valence electrons. The number of nitrogens with zero attached hydrogens (tertiary/aromatic N) is 3. The Hall–Kier alpha value is -2.65. The van der Waals surface area contributed by atoms with E-state index in [1.807, 2.05) is 6.07 Å². The first-order valence-electron chi connectivity index (χ1n) is 5.13. The van der Waals surface area contributed by atoms with Crippen LogP contribution in [-0.2, 0) is 0 Å². The summed E-state index contributed by atoms with van der Waals surface area (Å²) >= 11 is 5.64. The van der Waals surface area contributed by atoms with Crippen molar-refractivity contribution in [3.8, 4) is 6.07 Å². The van der Waals surface area contributed by atoms with Crippen LogP contribution in [0.2, 0.25) is 5.28 Å². The predicted molar refractivity (Wildman–Crippen MR) is 68.4 cm³/mol. The molecule has 0 unspecified atom stereocenters. The third-order valence-corrected chi connectivity index (χ3v) is 2.43. The van der Waals surface area contributed by atoms with Gasteiger partial charge in [-0.1, -0.05) is 6.07 Å². The van der Waals surface area contributed by atoms with E-state index in [-0.39, 0.29) is 16.7 Å². The van der Waals surface area contributed by atoms with E-state index >= 15 is 0 Å². The number of carboxylic acid groups (broad SMARTS) is 1. The lowest BCUT2D eigenvalue weighted by Crippen LogP contribution is -2.06. The minimum atomic E-state index is -1.17. The van der Waals surface area contributed by atoms with Crippen molar-refractivity contribution in [1.82, 2.24) is 9.97 Å². The Labute approximate surface area is 113 Å². The lowest BCUT2D eigenvalue weighted by molar-refractivity contribution is 0.0697. The van der Waals surface area contributed by atoms with Crippen molar-refractivity contribution >= 4 is 29.1 Å². The molecule has 2 rings (SSSR count). The van der Waals surface area contributed by atoms with Crippen molar-refractivity contribution in [1.29, 1.82) is 5.26 Å². The van der Waals surface area contributed by atoms with Gasteiger partial charge >= 0.3 is 5.97 Å². The van der Waals surface area contributed by atoms with E-state index in [0.29, 0.717) is 11.3 Å². The Kier molecular flexibility index (Phi) is 3.59. The van der Waals surface area contributed by atoms with E-state index < -0.39 is 5.97 Å². The number of benzene rings is 1. The highest BCUT2D eigenvalue weighted by molar-refractivity contribution is 6.28. The minimum absolute atomic E-state index is 0.0658. The van der Waals surface area contributed by atoms with Gasteiger partial charge in [-0.25, -0.2) is 9.78 Å². The molecule has 0 fully saturated rings. The molecule has 7 heteroatoms. The monoisotopic (exact) mass is 274 g/mol. The zero-order valence-electron chi connectivity index (χ0n) is 9.46. The van der Waals surface area contributed by atoms with Gasteiger partial charge in [0.25, 0.3) is 0 Å². The number of hydrogen-bond acceptors (Lipinski definition) is 5. The maximum absolute atomic E-state index is 11.0. The van der Waals surface area contributed by atoms with Gasteiger partial charge in [0.2, 0.25) is 5.28 Å². The van der Waals surface area contributed by atoms with E-state index in [1.54, 1.807) is 24.3 Å². The van der Waals surface area contributed by atoms with E-state index in [2.05, 4.69) is 15.3 Å². The fourth-order valence-electron chi connectivity index (χ4n) is 1.42. The fraction of sp³-hybridized carbons (Fsp3) is 0. The molecule has 0 aliphatic heterocycles. The molecule has 1 aromatic carbocycles. The summed E-state index contributed by atoms with van der Waals surface area (Å²) in [5.74, 6) is -1.10. The molecule has 0 radical (unpaired) electrons. The third kappa shape index (κ3) is 2.97. The summed E-state index contributed by atoms with van der Waals surface area (Å²) in [5, 5.41) is 20.6. The van der Waals surface area contributed by atoms with Crippen LogP contribution in [0, 0.1) is 11.3 Å². The molecular weight excluding hydrogens is 268 g/mol. The van der Waals surface area contributed by atoms with Crippen LogP contribution in [0.4, 0.5) is 11.5 Å². The molecule has 6 nitrogen and oxygen atoms in total. The normalized spacial score (nSPS) is 9.68. The number of nitrogens with one attached hydrogen (secondary N) is 1. The number of carbonyl (C=O) groups is 1. The average Bonchev–Trinajstić information content (AvgIpc) is 2.38. The molecule has 0 spiro atoms. The first kappa shape index (κ1) is 12.8. The van der Waals surface area contributed by atoms with Crippen molar-refractivity contribution < 1.29 is 9.90 Å². The number of hydrogen-bond donors (Lipinski definition) is 2. The Morgan fingerprint density at radius 2 is 2.26 bits per heavy atom. The largest absolute Gasteiger partial charge is 0.477 e. The highest BCUT2D eigenvalue weighted by Crippen LogP contribution is 2.20. The van der Waals surface area contributed by atoms with Gasteiger partial charge in [0, 0.05) is 11.9 Å². The summed E-state index contributed by atoms with van der Waals surface area (Å²) in [7, 11) is 0. The van der Waals surface area contributed by atoms with Crippen molar-refractivity contribution in [2.45, 2.75) is 0 Å². The summed E-state index contributed by atoms with van der Waals surface area (Å²) in [6.07, 6.45) is 1.12. The molecule has 1 aromatic heterocycles. The first-order valence-corrected chi connectivity index (χ1v) is 5.51. The van der Waals surface area contributed by atoms with Crippen molar-refractivity contribution in [3.63, 3.8) is 0 Å². The standard InChI is InChI=1S/C12H7ClN4O2/c13-12-15-6-9(11(18)19)10(17-12)16-8-3-1-2-7(4-8)5-14/h1-4,6H,(H,18,19)(H,15,16,17). The van der Waals surface area contributed by atoms with E-state index in [9.17, 15) is 4.79 Å². The summed E-state index contributed by atoms with van der Waals surface area (Å²) in [6.45, 7) is 0. The summed E-state index contributed by atoms with van der Waals surface area (Å²) in [4.78, 5) is 18.5. The van der Waals surface area contributed by atoms with Crippen molar-refractivity contribution in [2.24, 2.45) is 0 Å². The van der Waals surface area contributed by atoms with Gasteiger partial charge in [-0.2, -0.15) is 10.2 Å². The Morgan fingerprint density at radius 3 is 2.95 bits per heavy atom. The Balaban J connectivity index is 2.40. The van der Waals surface area contributed by atoms with Crippen LogP contribution in [0.3, 0.4) is 0 Å². The van der Waals surface area contributed by atoms with Crippen LogP contribution in [-0.4, -0.2) is 21.0 Å². The fourth-order valence-corrected chi connectivity index (χ4v) is 1.55.